The molecule has 6 nitrogen and oxygen atoms in total. The lowest BCUT2D eigenvalue weighted by Gasteiger charge is -2.27. The third-order valence-corrected chi connectivity index (χ3v) is 5.32. The first-order chi connectivity index (χ1) is 13.2. The number of hydrogen-bond donors (Lipinski definition) is 2. The zero-order valence-corrected chi connectivity index (χ0v) is 16.3. The van der Waals surface area contributed by atoms with Crippen LogP contribution in [0.4, 0.5) is 5.69 Å². The average Bonchev–Trinajstić information content (AvgIpc) is 3.36. The number of hydrogen-bond acceptors (Lipinski definition) is 4. The molecule has 2 aliphatic carbocycles. The van der Waals surface area contributed by atoms with Gasteiger partial charge in [-0.05, 0) is 37.3 Å². The minimum Gasteiger partial charge on any atom is -0.455 e. The quantitative estimate of drug-likeness (QED) is 0.842. The van der Waals surface area contributed by atoms with Gasteiger partial charge >= 0.3 is 0 Å². The Morgan fingerprint density at radius 2 is 1.82 bits per heavy atom. The first-order valence-corrected chi connectivity index (χ1v) is 9.62. The maximum Gasteiger partial charge on any atom is 0.291 e. The highest BCUT2D eigenvalue weighted by atomic mass is 16.4. The zero-order valence-electron chi connectivity index (χ0n) is 16.3. The largest absolute Gasteiger partial charge is 0.455 e. The molecular formula is C22H24N2O4. The molecule has 1 saturated carbocycles. The van der Waals surface area contributed by atoms with Crippen LogP contribution in [0.2, 0.25) is 0 Å². The predicted molar refractivity (Wildman–Crippen MR) is 105 cm³/mol. The standard InChI is InChI=1S/C22H24N2O4/c1-12-18-16(25)10-22(2,3)11-17(18)28-19(12)21(27)24-15-7-5-4-6-14(15)20(26)23-13-8-9-13/h4-7,13H,8-11H2,1-3H3,(H,23,26)(H,24,27). The molecule has 1 aromatic carbocycles. The van der Waals surface area contributed by atoms with Crippen LogP contribution >= 0.6 is 0 Å². The summed E-state index contributed by atoms with van der Waals surface area (Å²) < 4.78 is 5.82. The SMILES string of the molecule is Cc1c(C(=O)Nc2ccccc2C(=O)NC2CC2)oc2c1C(=O)CC(C)(C)C2. The van der Waals surface area contributed by atoms with Gasteiger partial charge in [0.25, 0.3) is 11.8 Å². The minimum absolute atomic E-state index is 0.00996. The van der Waals surface area contributed by atoms with E-state index in [4.69, 9.17) is 4.42 Å². The fourth-order valence-electron chi connectivity index (χ4n) is 3.76. The van der Waals surface area contributed by atoms with Crippen molar-refractivity contribution >= 4 is 23.3 Å². The molecule has 4 rings (SSSR count). The summed E-state index contributed by atoms with van der Waals surface area (Å²) in [5, 5.41) is 5.71. The van der Waals surface area contributed by atoms with Gasteiger partial charge in [-0.1, -0.05) is 26.0 Å². The molecule has 0 spiro atoms. The molecule has 1 heterocycles. The highest BCUT2D eigenvalue weighted by Crippen LogP contribution is 2.38. The molecule has 0 atom stereocenters. The number of benzene rings is 1. The summed E-state index contributed by atoms with van der Waals surface area (Å²) in [5.74, 6) is 0.0582. The maximum atomic E-state index is 12.9. The van der Waals surface area contributed by atoms with Gasteiger partial charge in [-0.25, -0.2) is 0 Å². The number of fused-ring (bicyclic) bond motifs is 1. The first-order valence-electron chi connectivity index (χ1n) is 9.62. The number of rotatable bonds is 4. The van der Waals surface area contributed by atoms with Gasteiger partial charge in [0.2, 0.25) is 0 Å². The molecule has 2 N–H and O–H groups in total. The van der Waals surface area contributed by atoms with Gasteiger partial charge in [0.05, 0.1) is 16.8 Å². The molecular weight excluding hydrogens is 356 g/mol. The van der Waals surface area contributed by atoms with Crippen LogP contribution in [0.3, 0.4) is 0 Å². The van der Waals surface area contributed by atoms with Gasteiger partial charge in [-0.15, -0.1) is 0 Å². The highest BCUT2D eigenvalue weighted by molar-refractivity contribution is 6.10. The van der Waals surface area contributed by atoms with Crippen LogP contribution < -0.4 is 10.6 Å². The Kier molecular flexibility index (Phi) is 4.37. The Morgan fingerprint density at radius 1 is 1.11 bits per heavy atom. The molecule has 6 heteroatoms. The Morgan fingerprint density at radius 3 is 2.54 bits per heavy atom. The monoisotopic (exact) mass is 380 g/mol. The molecule has 0 aliphatic heterocycles. The van der Waals surface area contributed by atoms with E-state index in [1.165, 1.54) is 0 Å². The second kappa shape index (κ2) is 6.62. The first kappa shape index (κ1) is 18.5. The lowest BCUT2D eigenvalue weighted by molar-refractivity contribution is 0.0897. The van der Waals surface area contributed by atoms with Crippen LogP contribution in [0.25, 0.3) is 0 Å². The number of para-hydroxylation sites is 1. The number of furan rings is 1. The van der Waals surface area contributed by atoms with Crippen molar-refractivity contribution in [1.29, 1.82) is 0 Å². The third kappa shape index (κ3) is 3.46. The number of anilines is 1. The van der Waals surface area contributed by atoms with Crippen LogP contribution in [0.5, 0.6) is 0 Å². The molecule has 1 aromatic heterocycles. The normalized spacial score (nSPS) is 17.8. The van der Waals surface area contributed by atoms with Gasteiger partial charge in [0, 0.05) is 24.4 Å². The van der Waals surface area contributed by atoms with Crippen LogP contribution in [-0.4, -0.2) is 23.6 Å². The molecule has 0 unspecified atom stereocenters. The number of carbonyl (C=O) groups excluding carboxylic acids is 3. The van der Waals surface area contributed by atoms with Crippen molar-refractivity contribution < 1.29 is 18.8 Å². The topological polar surface area (TPSA) is 88.4 Å². The molecule has 2 aromatic rings. The van der Waals surface area contributed by atoms with Crippen LogP contribution in [-0.2, 0) is 6.42 Å². The summed E-state index contributed by atoms with van der Waals surface area (Å²) in [5.41, 5.74) is 1.74. The predicted octanol–water partition coefficient (Wildman–Crippen LogP) is 3.89. The van der Waals surface area contributed by atoms with E-state index in [1.807, 2.05) is 13.8 Å². The second-order valence-electron chi connectivity index (χ2n) is 8.54. The van der Waals surface area contributed by atoms with Crippen molar-refractivity contribution in [3.05, 3.63) is 52.5 Å². The Balaban J connectivity index is 1.60. The molecule has 2 amide bonds. The summed E-state index contributed by atoms with van der Waals surface area (Å²) in [6, 6.07) is 7.11. The van der Waals surface area contributed by atoms with Crippen molar-refractivity contribution in [2.24, 2.45) is 5.41 Å². The van der Waals surface area contributed by atoms with E-state index < -0.39 is 5.91 Å². The van der Waals surface area contributed by atoms with Crippen LogP contribution in [0.15, 0.2) is 28.7 Å². The van der Waals surface area contributed by atoms with Crippen molar-refractivity contribution in [1.82, 2.24) is 5.32 Å². The van der Waals surface area contributed by atoms with E-state index in [2.05, 4.69) is 10.6 Å². The zero-order chi connectivity index (χ0) is 20.1. The Bertz CT molecular complexity index is 982. The third-order valence-electron chi connectivity index (χ3n) is 5.32. The summed E-state index contributed by atoms with van der Waals surface area (Å²) in [7, 11) is 0. The maximum absolute atomic E-state index is 12.9. The number of ketones is 1. The summed E-state index contributed by atoms with van der Waals surface area (Å²) in [4.78, 5) is 37.8. The van der Waals surface area contributed by atoms with Crippen molar-refractivity contribution in [2.45, 2.75) is 52.5 Å². The van der Waals surface area contributed by atoms with Gasteiger partial charge in [-0.2, -0.15) is 0 Å². The highest BCUT2D eigenvalue weighted by Gasteiger charge is 2.37. The molecule has 0 saturated heterocycles. The Labute approximate surface area is 163 Å². The molecule has 28 heavy (non-hydrogen) atoms. The number of nitrogens with one attached hydrogen (secondary N) is 2. The van der Waals surface area contributed by atoms with Gasteiger partial charge in [-0.3, -0.25) is 14.4 Å². The van der Waals surface area contributed by atoms with Crippen molar-refractivity contribution in [2.75, 3.05) is 5.32 Å². The number of Topliss-reactive ketones (excluding diaryl/α,β-unsaturated/α-hetero) is 1. The molecule has 0 bridgehead atoms. The van der Waals surface area contributed by atoms with E-state index in [-0.39, 0.29) is 28.9 Å². The number of amides is 2. The molecule has 1 fully saturated rings. The van der Waals surface area contributed by atoms with Crippen LogP contribution in [0, 0.1) is 12.3 Å². The lowest BCUT2D eigenvalue weighted by Crippen LogP contribution is -2.27. The fraction of sp³-hybridized carbons (Fsp3) is 0.409. The van der Waals surface area contributed by atoms with E-state index in [0.717, 1.165) is 12.8 Å². The summed E-state index contributed by atoms with van der Waals surface area (Å²) in [6.07, 6.45) is 3.03. The van der Waals surface area contributed by atoms with E-state index in [9.17, 15) is 14.4 Å². The van der Waals surface area contributed by atoms with E-state index >= 15 is 0 Å². The van der Waals surface area contributed by atoms with Crippen molar-refractivity contribution in [3.8, 4) is 0 Å². The van der Waals surface area contributed by atoms with Gasteiger partial charge < -0.3 is 15.1 Å². The molecule has 2 aliphatic rings. The van der Waals surface area contributed by atoms with E-state index in [0.29, 0.717) is 41.0 Å². The second-order valence-corrected chi connectivity index (χ2v) is 8.54. The fourth-order valence-corrected chi connectivity index (χ4v) is 3.76. The molecule has 0 radical (unpaired) electrons. The average molecular weight is 380 g/mol. The van der Waals surface area contributed by atoms with E-state index in [1.54, 1.807) is 31.2 Å². The molecule has 146 valence electrons. The van der Waals surface area contributed by atoms with Crippen molar-refractivity contribution in [3.63, 3.8) is 0 Å². The van der Waals surface area contributed by atoms with Gasteiger partial charge in [0.15, 0.2) is 11.5 Å². The smallest absolute Gasteiger partial charge is 0.291 e. The summed E-state index contributed by atoms with van der Waals surface area (Å²) >= 11 is 0. The minimum atomic E-state index is -0.454. The van der Waals surface area contributed by atoms with Crippen LogP contribution in [0.1, 0.15) is 75.7 Å². The number of carbonyl (C=O) groups is 3. The Hall–Kier alpha value is -2.89. The summed E-state index contributed by atoms with van der Waals surface area (Å²) in [6.45, 7) is 5.76. The van der Waals surface area contributed by atoms with Gasteiger partial charge in [0.1, 0.15) is 5.76 Å². The lowest BCUT2D eigenvalue weighted by atomic mass is 9.76.